The number of rotatable bonds is 2. The maximum atomic E-state index is 5.85. The van der Waals surface area contributed by atoms with Crippen LogP contribution in [0.5, 0.6) is 0 Å². The molecule has 0 heterocycles. The lowest BCUT2D eigenvalue weighted by Gasteiger charge is -2.22. The Morgan fingerprint density at radius 2 is 2.08 bits per heavy atom. The smallest absolute Gasteiger partial charge is 0.109 e. The van der Waals surface area contributed by atoms with Gasteiger partial charge in [0.2, 0.25) is 0 Å². The van der Waals surface area contributed by atoms with Crippen LogP contribution in [-0.2, 0) is 10.4 Å². The summed E-state index contributed by atoms with van der Waals surface area (Å²) >= 11 is 9.19. The Bertz CT molecular complexity index is 314. The largest absolute Gasteiger partial charge is 0.294 e. The normalized spacial score (nSPS) is 11.8. The van der Waals surface area contributed by atoms with Gasteiger partial charge >= 0.3 is 0 Å². The minimum absolute atomic E-state index is 0.493. The van der Waals surface area contributed by atoms with Gasteiger partial charge in [0, 0.05) is 4.47 Å². The molecule has 13 heavy (non-hydrogen) atoms. The Hall–Kier alpha value is -0.0900. The third-order valence-electron chi connectivity index (χ3n) is 1.91. The lowest BCUT2D eigenvalue weighted by molar-refractivity contribution is -0.0236. The molecule has 0 radical (unpaired) electrons. The minimum atomic E-state index is -0.493. The second-order valence-corrected chi connectivity index (χ2v) is 4.52. The molecule has 0 saturated carbocycles. The Morgan fingerprint density at radius 3 is 2.54 bits per heavy atom. The van der Waals surface area contributed by atoms with Crippen molar-refractivity contribution >= 4 is 27.5 Å². The number of nitrogens with two attached hydrogens (primary N) is 1. The van der Waals surface area contributed by atoms with Crippen LogP contribution >= 0.6 is 27.5 Å². The molecule has 0 bridgehead atoms. The lowest BCUT2D eigenvalue weighted by Crippen LogP contribution is -2.25. The molecule has 0 amide bonds. The minimum Gasteiger partial charge on any atom is -0.294 e. The first-order valence-corrected chi connectivity index (χ1v) is 4.98. The van der Waals surface area contributed by atoms with Crippen molar-refractivity contribution in [3.05, 3.63) is 33.3 Å². The van der Waals surface area contributed by atoms with E-state index in [1.165, 1.54) is 0 Å². The van der Waals surface area contributed by atoms with Gasteiger partial charge in [0.25, 0.3) is 0 Å². The highest BCUT2D eigenvalue weighted by molar-refractivity contribution is 9.10. The molecule has 0 unspecified atom stereocenters. The zero-order valence-corrected chi connectivity index (χ0v) is 9.82. The van der Waals surface area contributed by atoms with Crippen molar-refractivity contribution in [3.63, 3.8) is 0 Å². The summed E-state index contributed by atoms with van der Waals surface area (Å²) in [5.41, 5.74) is 0.485. The molecule has 0 aliphatic heterocycles. The fourth-order valence-electron chi connectivity index (χ4n) is 0.939. The van der Waals surface area contributed by atoms with E-state index in [0.29, 0.717) is 5.02 Å². The number of hydrogen-bond donors (Lipinski definition) is 1. The van der Waals surface area contributed by atoms with Crippen molar-refractivity contribution in [3.8, 4) is 0 Å². The Kier molecular flexibility index (Phi) is 3.35. The monoisotopic (exact) mass is 263 g/mol. The van der Waals surface area contributed by atoms with E-state index in [1.807, 2.05) is 32.0 Å². The quantitative estimate of drug-likeness (QED) is 0.833. The zero-order valence-electron chi connectivity index (χ0n) is 7.47. The summed E-state index contributed by atoms with van der Waals surface area (Å²) in [4.78, 5) is 4.85. The van der Waals surface area contributed by atoms with E-state index < -0.39 is 5.60 Å². The molecule has 2 nitrogen and oxygen atoms in total. The van der Waals surface area contributed by atoms with Crippen LogP contribution in [0.3, 0.4) is 0 Å². The van der Waals surface area contributed by atoms with Gasteiger partial charge in [-0.3, -0.25) is 4.84 Å². The van der Waals surface area contributed by atoms with Crippen LogP contribution in [0.25, 0.3) is 0 Å². The van der Waals surface area contributed by atoms with Crippen molar-refractivity contribution in [2.45, 2.75) is 19.4 Å². The van der Waals surface area contributed by atoms with Gasteiger partial charge in [-0.05, 0) is 47.5 Å². The molecular weight excluding hydrogens is 253 g/mol. The molecule has 1 aromatic rings. The first-order chi connectivity index (χ1) is 5.97. The average Bonchev–Trinajstić information content (AvgIpc) is 2.09. The number of halogens is 2. The van der Waals surface area contributed by atoms with Crippen LogP contribution in [0, 0.1) is 0 Å². The average molecular weight is 265 g/mol. The van der Waals surface area contributed by atoms with Crippen molar-refractivity contribution in [2.24, 2.45) is 5.90 Å². The van der Waals surface area contributed by atoms with Gasteiger partial charge in [0.1, 0.15) is 5.60 Å². The molecule has 0 aliphatic carbocycles. The van der Waals surface area contributed by atoms with Crippen LogP contribution < -0.4 is 5.90 Å². The topological polar surface area (TPSA) is 35.2 Å². The summed E-state index contributed by atoms with van der Waals surface area (Å²) in [6.07, 6.45) is 0. The second-order valence-electron chi connectivity index (χ2n) is 3.26. The second kappa shape index (κ2) is 3.96. The maximum absolute atomic E-state index is 5.85. The molecule has 0 spiro atoms. The first kappa shape index (κ1) is 11.0. The molecule has 0 aromatic heterocycles. The Morgan fingerprint density at radius 1 is 1.46 bits per heavy atom. The molecule has 1 aromatic carbocycles. The van der Waals surface area contributed by atoms with E-state index in [4.69, 9.17) is 22.3 Å². The van der Waals surface area contributed by atoms with Gasteiger partial charge in [-0.25, -0.2) is 5.90 Å². The summed E-state index contributed by atoms with van der Waals surface area (Å²) in [6, 6.07) is 5.59. The van der Waals surface area contributed by atoms with Gasteiger partial charge in [-0.2, -0.15) is 0 Å². The Balaban J connectivity index is 3.10. The van der Waals surface area contributed by atoms with E-state index >= 15 is 0 Å². The van der Waals surface area contributed by atoms with Crippen LogP contribution in [0.2, 0.25) is 5.02 Å². The molecule has 1 rings (SSSR count). The molecule has 0 fully saturated rings. The molecule has 72 valence electrons. The third kappa shape index (κ3) is 2.44. The van der Waals surface area contributed by atoms with E-state index in [-0.39, 0.29) is 0 Å². The lowest BCUT2D eigenvalue weighted by atomic mass is 9.99. The molecule has 0 aliphatic rings. The molecule has 2 N–H and O–H groups in total. The van der Waals surface area contributed by atoms with E-state index in [2.05, 4.69) is 15.9 Å². The third-order valence-corrected chi connectivity index (χ3v) is 3.12. The van der Waals surface area contributed by atoms with E-state index in [9.17, 15) is 0 Å². The van der Waals surface area contributed by atoms with Gasteiger partial charge < -0.3 is 0 Å². The predicted octanol–water partition coefficient (Wildman–Crippen LogP) is 3.23. The van der Waals surface area contributed by atoms with Gasteiger partial charge in [-0.1, -0.05) is 17.7 Å². The number of hydrogen-bond acceptors (Lipinski definition) is 2. The summed E-state index contributed by atoms with van der Waals surface area (Å²) in [5.74, 6) is 5.18. The maximum Gasteiger partial charge on any atom is 0.109 e. The first-order valence-electron chi connectivity index (χ1n) is 3.81. The molecule has 4 heteroatoms. The summed E-state index contributed by atoms with van der Waals surface area (Å²) in [7, 11) is 0. The van der Waals surface area contributed by atoms with Gasteiger partial charge in [0.05, 0.1) is 5.02 Å². The highest BCUT2D eigenvalue weighted by Crippen LogP contribution is 2.29. The van der Waals surface area contributed by atoms with Crippen LogP contribution in [-0.4, -0.2) is 0 Å². The van der Waals surface area contributed by atoms with Gasteiger partial charge in [0.15, 0.2) is 0 Å². The summed E-state index contributed by atoms with van der Waals surface area (Å²) < 4.78 is 0.844. The highest BCUT2D eigenvalue weighted by atomic mass is 79.9. The highest BCUT2D eigenvalue weighted by Gasteiger charge is 2.20. The zero-order chi connectivity index (χ0) is 10.1. The Labute approximate surface area is 91.1 Å². The fourth-order valence-corrected chi connectivity index (χ4v) is 1.44. The van der Waals surface area contributed by atoms with Crippen molar-refractivity contribution < 1.29 is 4.84 Å². The van der Waals surface area contributed by atoms with Crippen molar-refractivity contribution in [1.29, 1.82) is 0 Å². The van der Waals surface area contributed by atoms with Crippen molar-refractivity contribution in [1.82, 2.24) is 0 Å². The SMILES string of the molecule is CC(C)(ON)c1ccc(Cl)c(Br)c1. The predicted molar refractivity (Wildman–Crippen MR) is 57.5 cm³/mol. The fraction of sp³-hybridized carbons (Fsp3) is 0.333. The number of benzene rings is 1. The standard InChI is InChI=1S/C9H11BrClNO/c1-9(2,13-12)6-3-4-8(11)7(10)5-6/h3-5H,12H2,1-2H3. The van der Waals surface area contributed by atoms with E-state index in [1.54, 1.807) is 0 Å². The summed E-state index contributed by atoms with van der Waals surface area (Å²) in [6.45, 7) is 3.78. The molecule has 0 saturated heterocycles. The van der Waals surface area contributed by atoms with Crippen molar-refractivity contribution in [2.75, 3.05) is 0 Å². The van der Waals surface area contributed by atoms with Crippen LogP contribution in [0.1, 0.15) is 19.4 Å². The molecule has 0 atom stereocenters. The summed E-state index contributed by atoms with van der Waals surface area (Å²) in [5, 5.41) is 0.677. The van der Waals surface area contributed by atoms with E-state index in [0.717, 1.165) is 10.0 Å². The van der Waals surface area contributed by atoms with Crippen LogP contribution in [0.15, 0.2) is 22.7 Å². The van der Waals surface area contributed by atoms with Crippen LogP contribution in [0.4, 0.5) is 0 Å². The molecular formula is C9H11BrClNO. The van der Waals surface area contributed by atoms with Gasteiger partial charge in [-0.15, -0.1) is 0 Å².